The topological polar surface area (TPSA) is 69.0 Å². The maximum atomic E-state index is 11.3. The molecule has 0 spiro atoms. The molecule has 0 bridgehead atoms. The maximum Gasteiger partial charge on any atom is 0.219 e. The SMILES string of the molecule is CC(=O)N1CCC(C#N)(NCc2ccccn2)CC1. The van der Waals surface area contributed by atoms with Crippen LogP contribution in [-0.4, -0.2) is 34.4 Å². The number of amides is 1. The van der Waals surface area contributed by atoms with Crippen molar-refractivity contribution in [1.29, 1.82) is 5.26 Å². The minimum atomic E-state index is -0.538. The van der Waals surface area contributed by atoms with Gasteiger partial charge in [-0.05, 0) is 25.0 Å². The van der Waals surface area contributed by atoms with Gasteiger partial charge in [0.05, 0.1) is 11.8 Å². The van der Waals surface area contributed by atoms with Crippen LogP contribution in [0.5, 0.6) is 0 Å². The summed E-state index contributed by atoms with van der Waals surface area (Å²) in [5.74, 6) is 0.0799. The number of pyridine rings is 1. The predicted octanol–water partition coefficient (Wildman–Crippen LogP) is 1.08. The molecule has 2 heterocycles. The molecule has 1 aliphatic heterocycles. The lowest BCUT2D eigenvalue weighted by Crippen LogP contribution is -2.53. The van der Waals surface area contributed by atoms with E-state index in [2.05, 4.69) is 16.4 Å². The molecule has 5 nitrogen and oxygen atoms in total. The van der Waals surface area contributed by atoms with Crippen molar-refractivity contribution in [3.05, 3.63) is 30.1 Å². The molecule has 5 heteroatoms. The standard InChI is InChI=1S/C14H18N4O/c1-12(19)18-8-5-14(11-15,6-9-18)17-10-13-4-2-3-7-16-13/h2-4,7,17H,5-6,8-10H2,1H3. The molecule has 0 aromatic carbocycles. The first kappa shape index (κ1) is 13.5. The fraction of sp³-hybridized carbons (Fsp3) is 0.500. The zero-order chi connectivity index (χ0) is 13.7. The Labute approximate surface area is 113 Å². The first-order chi connectivity index (χ1) is 9.15. The van der Waals surface area contributed by atoms with Crippen LogP contribution in [-0.2, 0) is 11.3 Å². The number of aromatic nitrogens is 1. The normalized spacial score (nSPS) is 17.8. The van der Waals surface area contributed by atoms with Gasteiger partial charge in [0.25, 0.3) is 0 Å². The summed E-state index contributed by atoms with van der Waals surface area (Å²) in [4.78, 5) is 17.3. The average Bonchev–Trinajstić information content (AvgIpc) is 2.46. The van der Waals surface area contributed by atoms with E-state index in [9.17, 15) is 10.1 Å². The molecule has 0 atom stereocenters. The van der Waals surface area contributed by atoms with Gasteiger partial charge in [0.1, 0.15) is 5.54 Å². The van der Waals surface area contributed by atoms with E-state index in [0.717, 1.165) is 5.69 Å². The largest absolute Gasteiger partial charge is 0.343 e. The van der Waals surface area contributed by atoms with Gasteiger partial charge in [-0.2, -0.15) is 5.26 Å². The number of piperidine rings is 1. The zero-order valence-electron chi connectivity index (χ0n) is 11.1. The first-order valence-electron chi connectivity index (χ1n) is 6.47. The van der Waals surface area contributed by atoms with Crippen LogP contribution in [0, 0.1) is 11.3 Å². The monoisotopic (exact) mass is 258 g/mol. The van der Waals surface area contributed by atoms with Gasteiger partial charge in [0.15, 0.2) is 0 Å². The Morgan fingerprint density at radius 3 is 2.79 bits per heavy atom. The van der Waals surface area contributed by atoms with Crippen LogP contribution in [0.15, 0.2) is 24.4 Å². The highest BCUT2D eigenvalue weighted by atomic mass is 16.2. The summed E-state index contributed by atoms with van der Waals surface area (Å²) in [6, 6.07) is 8.11. The summed E-state index contributed by atoms with van der Waals surface area (Å²) < 4.78 is 0. The predicted molar refractivity (Wildman–Crippen MR) is 70.9 cm³/mol. The summed E-state index contributed by atoms with van der Waals surface area (Å²) in [6.07, 6.45) is 3.07. The highest BCUT2D eigenvalue weighted by Crippen LogP contribution is 2.22. The third-order valence-electron chi connectivity index (χ3n) is 3.61. The van der Waals surface area contributed by atoms with Gasteiger partial charge in [-0.3, -0.25) is 15.1 Å². The molecule has 2 rings (SSSR count). The van der Waals surface area contributed by atoms with Crippen LogP contribution in [0.1, 0.15) is 25.5 Å². The van der Waals surface area contributed by atoms with Gasteiger partial charge >= 0.3 is 0 Å². The minimum Gasteiger partial charge on any atom is -0.343 e. The van der Waals surface area contributed by atoms with Gasteiger partial charge < -0.3 is 4.90 Å². The molecule has 1 aromatic rings. The Morgan fingerprint density at radius 2 is 2.26 bits per heavy atom. The first-order valence-corrected chi connectivity index (χ1v) is 6.47. The number of carbonyl (C=O) groups is 1. The van der Waals surface area contributed by atoms with E-state index < -0.39 is 5.54 Å². The minimum absolute atomic E-state index is 0.0799. The highest BCUT2D eigenvalue weighted by Gasteiger charge is 2.34. The van der Waals surface area contributed by atoms with Crippen molar-refractivity contribution >= 4 is 5.91 Å². The van der Waals surface area contributed by atoms with Crippen molar-refractivity contribution in [3.8, 4) is 6.07 Å². The molecule has 0 unspecified atom stereocenters. The summed E-state index contributed by atoms with van der Waals surface area (Å²) >= 11 is 0. The molecule has 1 aromatic heterocycles. The molecular weight excluding hydrogens is 240 g/mol. The van der Waals surface area contributed by atoms with Gasteiger partial charge in [-0.25, -0.2) is 0 Å². The lowest BCUT2D eigenvalue weighted by atomic mass is 9.89. The smallest absolute Gasteiger partial charge is 0.219 e. The van der Waals surface area contributed by atoms with Gasteiger partial charge in [0.2, 0.25) is 5.91 Å². The lowest BCUT2D eigenvalue weighted by molar-refractivity contribution is -0.130. The van der Waals surface area contributed by atoms with Crippen molar-refractivity contribution in [2.24, 2.45) is 0 Å². The number of hydrogen-bond acceptors (Lipinski definition) is 4. The van der Waals surface area contributed by atoms with E-state index in [-0.39, 0.29) is 5.91 Å². The van der Waals surface area contributed by atoms with Crippen LogP contribution in [0.4, 0.5) is 0 Å². The molecule has 0 radical (unpaired) electrons. The number of nitrogens with one attached hydrogen (secondary N) is 1. The number of nitriles is 1. The summed E-state index contributed by atoms with van der Waals surface area (Å²) in [5, 5.41) is 12.7. The third kappa shape index (κ3) is 3.30. The van der Waals surface area contributed by atoms with Crippen LogP contribution >= 0.6 is 0 Å². The Balaban J connectivity index is 1.94. The van der Waals surface area contributed by atoms with E-state index >= 15 is 0 Å². The lowest BCUT2D eigenvalue weighted by Gasteiger charge is -2.37. The zero-order valence-corrected chi connectivity index (χ0v) is 11.1. The highest BCUT2D eigenvalue weighted by molar-refractivity contribution is 5.73. The van der Waals surface area contributed by atoms with Crippen molar-refractivity contribution in [2.45, 2.75) is 31.8 Å². The van der Waals surface area contributed by atoms with Gasteiger partial charge in [0, 0.05) is 32.8 Å². The van der Waals surface area contributed by atoms with E-state index in [1.54, 1.807) is 18.0 Å². The number of hydrogen-bond donors (Lipinski definition) is 1. The molecule has 19 heavy (non-hydrogen) atoms. The van der Waals surface area contributed by atoms with Crippen LogP contribution < -0.4 is 5.32 Å². The summed E-state index contributed by atoms with van der Waals surface area (Å²) in [5.41, 5.74) is 0.384. The van der Waals surface area contributed by atoms with Crippen LogP contribution in [0.2, 0.25) is 0 Å². The second-order valence-corrected chi connectivity index (χ2v) is 4.87. The van der Waals surface area contributed by atoms with E-state index in [1.807, 2.05) is 18.2 Å². The second kappa shape index (κ2) is 5.81. The van der Waals surface area contributed by atoms with Crippen molar-refractivity contribution in [2.75, 3.05) is 13.1 Å². The van der Waals surface area contributed by atoms with Crippen molar-refractivity contribution in [1.82, 2.24) is 15.2 Å². The van der Waals surface area contributed by atoms with Crippen LogP contribution in [0.3, 0.4) is 0 Å². The Morgan fingerprint density at radius 1 is 1.53 bits per heavy atom. The number of carbonyl (C=O) groups excluding carboxylic acids is 1. The molecule has 1 N–H and O–H groups in total. The average molecular weight is 258 g/mol. The third-order valence-corrected chi connectivity index (χ3v) is 3.61. The van der Waals surface area contributed by atoms with E-state index in [0.29, 0.717) is 32.5 Å². The maximum absolute atomic E-state index is 11.3. The molecule has 1 fully saturated rings. The Hall–Kier alpha value is -1.93. The molecule has 100 valence electrons. The number of nitrogens with zero attached hydrogens (tertiary/aromatic N) is 3. The molecular formula is C14H18N4O. The second-order valence-electron chi connectivity index (χ2n) is 4.87. The van der Waals surface area contributed by atoms with Crippen molar-refractivity contribution < 1.29 is 4.79 Å². The van der Waals surface area contributed by atoms with E-state index in [4.69, 9.17) is 0 Å². The fourth-order valence-corrected chi connectivity index (χ4v) is 2.29. The molecule has 1 saturated heterocycles. The van der Waals surface area contributed by atoms with E-state index in [1.165, 1.54) is 0 Å². The summed E-state index contributed by atoms with van der Waals surface area (Å²) in [6.45, 7) is 3.42. The Bertz CT molecular complexity index is 472. The fourth-order valence-electron chi connectivity index (χ4n) is 2.29. The van der Waals surface area contributed by atoms with Gasteiger partial charge in [-0.15, -0.1) is 0 Å². The number of likely N-dealkylation sites (tertiary alicyclic amines) is 1. The van der Waals surface area contributed by atoms with Gasteiger partial charge in [-0.1, -0.05) is 6.07 Å². The summed E-state index contributed by atoms with van der Waals surface area (Å²) in [7, 11) is 0. The molecule has 0 saturated carbocycles. The number of rotatable bonds is 3. The quantitative estimate of drug-likeness (QED) is 0.880. The molecule has 1 aliphatic rings. The molecule has 1 amide bonds. The molecule has 0 aliphatic carbocycles. The van der Waals surface area contributed by atoms with Crippen LogP contribution in [0.25, 0.3) is 0 Å². The Kier molecular flexibility index (Phi) is 4.13. The van der Waals surface area contributed by atoms with Crippen molar-refractivity contribution in [3.63, 3.8) is 0 Å².